The van der Waals surface area contributed by atoms with Crippen LogP contribution in [0.1, 0.15) is 94.2 Å². The Hall–Kier alpha value is -3.91. The van der Waals surface area contributed by atoms with Gasteiger partial charge in [-0.25, -0.2) is 0 Å². The van der Waals surface area contributed by atoms with Crippen molar-refractivity contribution in [3.05, 3.63) is 88.0 Å². The largest absolute Gasteiger partial charge is 0.270 e. The molecule has 0 saturated heterocycles. The van der Waals surface area contributed by atoms with Crippen LogP contribution in [0.3, 0.4) is 0 Å². The molecule has 0 fully saturated rings. The monoisotopic (exact) mass is 683 g/mol. The van der Waals surface area contributed by atoms with E-state index in [1.807, 2.05) is 6.07 Å². The molecule has 5 heteroatoms. The lowest BCUT2D eigenvalue weighted by atomic mass is 9.89. The van der Waals surface area contributed by atoms with Gasteiger partial charge < -0.3 is 0 Å². The summed E-state index contributed by atoms with van der Waals surface area (Å²) < 4.78 is 0. The van der Waals surface area contributed by atoms with E-state index in [1.165, 1.54) is 10.8 Å². The first-order valence-corrected chi connectivity index (χ1v) is 22.6. The summed E-state index contributed by atoms with van der Waals surface area (Å²) in [5.74, 6) is 7.77. The van der Waals surface area contributed by atoms with Crippen molar-refractivity contribution >= 4 is 64.9 Å². The summed E-state index contributed by atoms with van der Waals surface area (Å²) in [4.78, 5) is 11.5. The van der Waals surface area contributed by atoms with Gasteiger partial charge in [0.15, 0.2) is 0 Å². The molecule has 5 aromatic rings. The number of rotatable bonds is 7. The van der Waals surface area contributed by atoms with E-state index in [1.54, 1.807) is 12.1 Å². The van der Waals surface area contributed by atoms with Crippen LogP contribution >= 0.6 is 0 Å². The summed E-state index contributed by atoms with van der Waals surface area (Å²) in [6.07, 6.45) is 0. The van der Waals surface area contributed by atoms with Crippen LogP contribution in [0.25, 0.3) is 43.1 Å². The molecule has 0 aromatic heterocycles. The molecular weight excluding hydrogens is 631 g/mol. The number of benzene rings is 5. The van der Waals surface area contributed by atoms with Gasteiger partial charge in [-0.3, -0.25) is 10.1 Å². The molecule has 0 N–H and O–H groups in total. The average molecular weight is 684 g/mol. The summed E-state index contributed by atoms with van der Waals surface area (Å²) in [5, 5.41) is 20.4. The second-order valence-corrected chi connectivity index (χ2v) is 27.1. The molecule has 0 radical (unpaired) electrons. The lowest BCUT2D eigenvalue weighted by Crippen LogP contribution is -2.43. The van der Waals surface area contributed by atoms with Crippen molar-refractivity contribution < 1.29 is 4.92 Å². The highest BCUT2D eigenvalue weighted by molar-refractivity contribution is 6.91. The van der Waals surface area contributed by atoms with Crippen LogP contribution in [-0.4, -0.2) is 21.1 Å². The van der Waals surface area contributed by atoms with Gasteiger partial charge in [-0.15, -0.1) is 11.1 Å². The smallest absolute Gasteiger partial charge is 0.258 e. The van der Waals surface area contributed by atoms with Crippen molar-refractivity contribution in [3.8, 4) is 22.9 Å². The number of fused-ring (bicyclic) bond motifs is 4. The number of nitro groups is 1. The molecule has 0 unspecified atom stereocenters. The number of hydrogen-bond donors (Lipinski definition) is 0. The third kappa shape index (κ3) is 6.22. The maximum Gasteiger partial charge on any atom is 0.270 e. The van der Waals surface area contributed by atoms with Gasteiger partial charge in [0, 0.05) is 23.3 Å². The Morgan fingerprint density at radius 1 is 0.490 bits per heavy atom. The zero-order chi connectivity index (χ0) is 36.0. The topological polar surface area (TPSA) is 43.1 Å². The van der Waals surface area contributed by atoms with Crippen molar-refractivity contribution in [1.82, 2.24) is 0 Å². The number of hydrogen-bond acceptors (Lipinski definition) is 2. The molecule has 0 aliphatic heterocycles. The number of non-ortho nitro benzene ring substituents is 1. The fourth-order valence-electron chi connectivity index (χ4n) is 9.23. The molecule has 0 aliphatic rings. The van der Waals surface area contributed by atoms with Crippen LogP contribution in [0.15, 0.2) is 66.7 Å². The van der Waals surface area contributed by atoms with Crippen molar-refractivity contribution in [3.63, 3.8) is 0 Å². The Morgan fingerprint density at radius 2 is 0.816 bits per heavy atom. The van der Waals surface area contributed by atoms with Gasteiger partial charge in [0.2, 0.25) is 0 Å². The normalized spacial score (nSPS) is 12.6. The Morgan fingerprint density at radius 3 is 1.14 bits per heavy atom. The van der Waals surface area contributed by atoms with Gasteiger partial charge in [0.1, 0.15) is 16.1 Å². The molecular formula is C44H53NO2Si2. The van der Waals surface area contributed by atoms with Crippen LogP contribution in [-0.2, 0) is 0 Å². The maximum absolute atomic E-state index is 11.9. The lowest BCUT2D eigenvalue weighted by Gasteiger charge is -2.38. The van der Waals surface area contributed by atoms with Gasteiger partial charge in [-0.1, -0.05) is 119 Å². The van der Waals surface area contributed by atoms with Crippen LogP contribution in [0.2, 0.25) is 33.2 Å². The quantitative estimate of drug-likeness (QED) is 0.0563. The molecule has 0 heterocycles. The minimum atomic E-state index is -2.08. The van der Waals surface area contributed by atoms with Gasteiger partial charge in [0.25, 0.3) is 5.69 Å². The first-order chi connectivity index (χ1) is 23.1. The van der Waals surface area contributed by atoms with E-state index >= 15 is 0 Å². The minimum Gasteiger partial charge on any atom is -0.258 e. The fourth-order valence-corrected chi connectivity index (χ4v) is 19.6. The first-order valence-electron chi connectivity index (χ1n) is 18.1. The maximum atomic E-state index is 11.9. The summed E-state index contributed by atoms with van der Waals surface area (Å²) in [5.41, 5.74) is 13.2. The van der Waals surface area contributed by atoms with E-state index in [9.17, 15) is 10.1 Å². The summed E-state index contributed by atoms with van der Waals surface area (Å²) in [7, 11) is -4.14. The third-order valence-corrected chi connectivity index (χ3v) is 24.3. The van der Waals surface area contributed by atoms with Crippen molar-refractivity contribution in [2.45, 2.75) is 116 Å². The molecule has 5 rings (SSSR count). The summed E-state index contributed by atoms with van der Waals surface area (Å²) in [6, 6.07) is 22.7. The lowest BCUT2D eigenvalue weighted by molar-refractivity contribution is -0.384. The number of nitro benzene ring substituents is 1. The van der Waals surface area contributed by atoms with Crippen molar-refractivity contribution in [2.24, 2.45) is 0 Å². The standard InChI is InChI=1S/C44H53NO2Si2/c1-28(2)48(29(3)4,30(5)6)21-19-39-41-24-34-15-13-14-16-35(34)25-42(41)40(20-22-49(31(7)8,32(9)10)33(11)12)44-27-37-23-38(45(46)47)18-17-36(37)26-43(39)44/h13-18,23-33H,1-12H3. The van der Waals surface area contributed by atoms with E-state index in [-0.39, 0.29) is 10.6 Å². The van der Waals surface area contributed by atoms with Crippen LogP contribution in [0.4, 0.5) is 5.69 Å². The van der Waals surface area contributed by atoms with E-state index in [2.05, 4.69) is 155 Å². The molecule has 0 spiro atoms. The summed E-state index contributed by atoms with van der Waals surface area (Å²) >= 11 is 0. The van der Waals surface area contributed by atoms with E-state index < -0.39 is 16.1 Å². The SMILES string of the molecule is CC(C)[Si](C#Cc1c2cc3ccccc3cc2c(C#C[Si](C(C)C)(C(C)C)C(C)C)c2cc3cc([N+](=O)[O-])ccc3cc12)(C(C)C)C(C)C. The van der Waals surface area contributed by atoms with Crippen LogP contribution in [0, 0.1) is 33.0 Å². The van der Waals surface area contributed by atoms with Gasteiger partial charge in [-0.05, 0) is 107 Å². The Bertz CT molecular complexity index is 2160. The Labute approximate surface area is 296 Å². The second kappa shape index (κ2) is 13.8. The van der Waals surface area contributed by atoms with E-state index in [4.69, 9.17) is 0 Å². The van der Waals surface area contributed by atoms with Crippen LogP contribution < -0.4 is 0 Å². The highest BCUT2D eigenvalue weighted by atomic mass is 28.3. The minimum absolute atomic E-state index is 0.0960. The predicted octanol–water partition coefficient (Wildman–Crippen LogP) is 13.3. The highest BCUT2D eigenvalue weighted by Crippen LogP contribution is 2.44. The second-order valence-electron chi connectivity index (χ2n) is 16.0. The van der Waals surface area contributed by atoms with Crippen molar-refractivity contribution in [2.75, 3.05) is 0 Å². The van der Waals surface area contributed by atoms with Gasteiger partial charge in [0.05, 0.1) is 4.92 Å². The summed E-state index contributed by atoms with van der Waals surface area (Å²) in [6.45, 7) is 28.3. The fraction of sp³-hybridized carbons (Fsp3) is 0.409. The zero-order valence-electron chi connectivity index (χ0n) is 31.6. The van der Waals surface area contributed by atoms with Gasteiger partial charge >= 0.3 is 0 Å². The number of nitrogens with zero attached hydrogens (tertiary/aromatic N) is 1. The Kier molecular flexibility index (Phi) is 10.2. The van der Waals surface area contributed by atoms with Crippen LogP contribution in [0.5, 0.6) is 0 Å². The van der Waals surface area contributed by atoms with E-state index in [0.29, 0.717) is 33.2 Å². The van der Waals surface area contributed by atoms with Crippen molar-refractivity contribution in [1.29, 1.82) is 0 Å². The molecule has 0 amide bonds. The molecule has 254 valence electrons. The molecule has 49 heavy (non-hydrogen) atoms. The van der Waals surface area contributed by atoms with Gasteiger partial charge in [-0.2, -0.15) is 0 Å². The molecule has 0 saturated carbocycles. The Balaban J connectivity index is 2.05. The zero-order valence-corrected chi connectivity index (χ0v) is 33.6. The highest BCUT2D eigenvalue weighted by Gasteiger charge is 2.43. The molecule has 3 nitrogen and oxygen atoms in total. The molecule has 0 bridgehead atoms. The average Bonchev–Trinajstić information content (AvgIpc) is 3.02. The molecule has 0 aliphatic carbocycles. The molecule has 5 aromatic carbocycles. The van der Waals surface area contributed by atoms with E-state index in [0.717, 1.165) is 43.4 Å². The molecule has 0 atom stereocenters. The first kappa shape index (κ1) is 36.4. The predicted molar refractivity (Wildman–Crippen MR) is 219 cm³/mol. The third-order valence-electron chi connectivity index (χ3n) is 11.7.